The number of hydrogen-bond acceptors (Lipinski definition) is 7. The Morgan fingerprint density at radius 1 is 1.29 bits per heavy atom. The number of carbonyl (C=O) groups is 3. The number of halogens is 1. The van der Waals surface area contributed by atoms with E-state index in [1.165, 1.54) is 7.11 Å². The van der Waals surface area contributed by atoms with Gasteiger partial charge in [-0.1, -0.05) is 29.8 Å². The van der Waals surface area contributed by atoms with Gasteiger partial charge in [0.1, 0.15) is 6.54 Å². The summed E-state index contributed by atoms with van der Waals surface area (Å²) in [5.41, 5.74) is 0.646. The van der Waals surface area contributed by atoms with Crippen molar-refractivity contribution in [2.75, 3.05) is 26.9 Å². The van der Waals surface area contributed by atoms with Gasteiger partial charge in [-0.25, -0.2) is 0 Å². The number of thioether (sulfide) groups is 1. The maximum Gasteiger partial charge on any atom is 0.326 e. The Kier molecular flexibility index (Phi) is 7.94. The van der Waals surface area contributed by atoms with Crippen LogP contribution < -0.4 is 9.47 Å². The number of methoxy groups -OCH3 is 1. The van der Waals surface area contributed by atoms with Gasteiger partial charge in [-0.15, -0.1) is 0 Å². The summed E-state index contributed by atoms with van der Waals surface area (Å²) in [6.07, 6.45) is 1.58. The van der Waals surface area contributed by atoms with E-state index in [9.17, 15) is 14.4 Å². The SMILES string of the molecule is CCOc1cc(Br)c(/C=C2\SC(=O)N(CC(=O)OCC(C)C)C2=O)cc1OC. The first-order valence-corrected chi connectivity index (χ1v) is 10.3. The molecule has 0 atom stereocenters. The van der Waals surface area contributed by atoms with E-state index < -0.39 is 23.7 Å². The second-order valence-corrected chi connectivity index (χ2v) is 8.15. The molecule has 1 heterocycles. The van der Waals surface area contributed by atoms with Crippen molar-refractivity contribution in [2.24, 2.45) is 5.92 Å². The minimum atomic E-state index is -0.610. The average molecular weight is 472 g/mol. The summed E-state index contributed by atoms with van der Waals surface area (Å²) in [7, 11) is 1.52. The molecule has 0 bridgehead atoms. The highest BCUT2D eigenvalue weighted by atomic mass is 79.9. The Morgan fingerprint density at radius 2 is 2.00 bits per heavy atom. The Morgan fingerprint density at radius 3 is 2.61 bits per heavy atom. The van der Waals surface area contributed by atoms with E-state index in [1.54, 1.807) is 18.2 Å². The van der Waals surface area contributed by atoms with Crippen LogP contribution in [0.25, 0.3) is 6.08 Å². The third kappa shape index (κ3) is 5.51. The van der Waals surface area contributed by atoms with Gasteiger partial charge in [0.2, 0.25) is 0 Å². The van der Waals surface area contributed by atoms with Crippen LogP contribution in [0.2, 0.25) is 0 Å². The van der Waals surface area contributed by atoms with Gasteiger partial charge in [0.15, 0.2) is 11.5 Å². The number of benzene rings is 1. The van der Waals surface area contributed by atoms with Crippen LogP contribution in [0.5, 0.6) is 11.5 Å². The average Bonchev–Trinajstić information content (AvgIpc) is 2.89. The van der Waals surface area contributed by atoms with Crippen molar-refractivity contribution in [3.8, 4) is 11.5 Å². The smallest absolute Gasteiger partial charge is 0.326 e. The second-order valence-electron chi connectivity index (χ2n) is 6.30. The number of nitrogens with zero attached hydrogens (tertiary/aromatic N) is 1. The lowest BCUT2D eigenvalue weighted by Crippen LogP contribution is -2.34. The maximum atomic E-state index is 12.6. The first kappa shape index (κ1) is 22.3. The van der Waals surface area contributed by atoms with Crippen molar-refractivity contribution in [1.29, 1.82) is 0 Å². The standard InChI is InChI=1S/C19H22BrNO6S/c1-5-26-15-8-13(20)12(6-14(15)25-4)7-16-18(23)21(19(24)28-16)9-17(22)27-10-11(2)3/h6-8,11H,5,9-10H2,1-4H3/b16-7-. The predicted molar refractivity (Wildman–Crippen MR) is 110 cm³/mol. The zero-order chi connectivity index (χ0) is 20.8. The molecule has 0 unspecified atom stereocenters. The third-order valence-electron chi connectivity index (χ3n) is 3.61. The number of rotatable bonds is 8. The summed E-state index contributed by atoms with van der Waals surface area (Å²) < 4.78 is 16.6. The van der Waals surface area contributed by atoms with E-state index in [-0.39, 0.29) is 17.4 Å². The van der Waals surface area contributed by atoms with Crippen molar-refractivity contribution in [1.82, 2.24) is 4.90 Å². The molecule has 7 nitrogen and oxygen atoms in total. The van der Waals surface area contributed by atoms with E-state index in [1.807, 2.05) is 20.8 Å². The van der Waals surface area contributed by atoms with Gasteiger partial charge >= 0.3 is 5.97 Å². The molecule has 0 spiro atoms. The van der Waals surface area contributed by atoms with Crippen LogP contribution in [-0.4, -0.2) is 48.9 Å². The Hall–Kier alpha value is -2.00. The molecule has 0 aliphatic carbocycles. The zero-order valence-electron chi connectivity index (χ0n) is 16.1. The van der Waals surface area contributed by atoms with Crippen LogP contribution in [-0.2, 0) is 14.3 Å². The lowest BCUT2D eigenvalue weighted by atomic mass is 10.2. The third-order valence-corrected chi connectivity index (χ3v) is 5.20. The monoisotopic (exact) mass is 471 g/mol. The molecule has 0 N–H and O–H groups in total. The highest BCUT2D eigenvalue weighted by molar-refractivity contribution is 9.10. The summed E-state index contributed by atoms with van der Waals surface area (Å²) >= 11 is 4.22. The molecule has 0 saturated carbocycles. The molecule has 1 aromatic rings. The van der Waals surface area contributed by atoms with Crippen molar-refractivity contribution in [2.45, 2.75) is 20.8 Å². The quantitative estimate of drug-likeness (QED) is 0.416. The molecule has 9 heteroatoms. The molecule has 2 amide bonds. The molecule has 0 aromatic heterocycles. The minimum absolute atomic E-state index is 0.172. The topological polar surface area (TPSA) is 82.1 Å². The van der Waals surface area contributed by atoms with Gasteiger partial charge in [0.05, 0.1) is 25.2 Å². The maximum absolute atomic E-state index is 12.6. The Balaban J connectivity index is 2.20. The van der Waals surface area contributed by atoms with Gasteiger partial charge in [0.25, 0.3) is 11.1 Å². The van der Waals surface area contributed by atoms with Crippen LogP contribution in [0, 0.1) is 5.92 Å². The van der Waals surface area contributed by atoms with E-state index in [2.05, 4.69) is 15.9 Å². The minimum Gasteiger partial charge on any atom is -0.493 e. The van der Waals surface area contributed by atoms with Crippen molar-refractivity contribution >= 4 is 50.9 Å². The van der Waals surface area contributed by atoms with Crippen LogP contribution in [0.4, 0.5) is 4.79 Å². The summed E-state index contributed by atoms with van der Waals surface area (Å²) in [4.78, 5) is 37.7. The first-order chi connectivity index (χ1) is 13.3. The lowest BCUT2D eigenvalue weighted by molar-refractivity contribution is -0.147. The molecule has 1 aliphatic heterocycles. The summed E-state index contributed by atoms with van der Waals surface area (Å²) in [5, 5.41) is -0.508. The fourth-order valence-corrected chi connectivity index (χ4v) is 3.57. The number of esters is 1. The highest BCUT2D eigenvalue weighted by Crippen LogP contribution is 2.38. The Bertz CT molecular complexity index is 808. The molecule has 1 saturated heterocycles. The van der Waals surface area contributed by atoms with Crippen LogP contribution >= 0.6 is 27.7 Å². The van der Waals surface area contributed by atoms with Crippen molar-refractivity contribution in [3.05, 3.63) is 27.1 Å². The van der Waals surface area contributed by atoms with Gasteiger partial charge in [0, 0.05) is 4.47 Å². The predicted octanol–water partition coefficient (Wildman–Crippen LogP) is 4.09. The molecule has 0 radical (unpaired) electrons. The molecule has 28 heavy (non-hydrogen) atoms. The van der Waals surface area contributed by atoms with E-state index in [0.29, 0.717) is 28.1 Å². The van der Waals surface area contributed by atoms with Crippen LogP contribution in [0.15, 0.2) is 21.5 Å². The fourth-order valence-electron chi connectivity index (χ4n) is 2.30. The zero-order valence-corrected chi connectivity index (χ0v) is 18.5. The number of imide groups is 1. The van der Waals surface area contributed by atoms with Crippen LogP contribution in [0.1, 0.15) is 26.3 Å². The fraction of sp³-hybridized carbons (Fsp3) is 0.421. The molecule has 1 aromatic carbocycles. The van der Waals surface area contributed by atoms with Gasteiger partial charge in [-0.3, -0.25) is 19.3 Å². The van der Waals surface area contributed by atoms with E-state index in [4.69, 9.17) is 14.2 Å². The number of amides is 2. The largest absolute Gasteiger partial charge is 0.493 e. The van der Waals surface area contributed by atoms with Gasteiger partial charge in [-0.05, 0) is 48.4 Å². The molecule has 1 fully saturated rings. The number of carbonyl (C=O) groups excluding carboxylic acids is 3. The van der Waals surface area contributed by atoms with Crippen molar-refractivity contribution in [3.63, 3.8) is 0 Å². The molecule has 152 valence electrons. The van der Waals surface area contributed by atoms with Gasteiger partial charge in [-0.2, -0.15) is 0 Å². The van der Waals surface area contributed by atoms with E-state index in [0.717, 1.165) is 16.7 Å². The molecular weight excluding hydrogens is 450 g/mol. The highest BCUT2D eigenvalue weighted by Gasteiger charge is 2.36. The molecule has 1 aliphatic rings. The summed E-state index contributed by atoms with van der Waals surface area (Å²) in [6.45, 7) is 5.99. The summed E-state index contributed by atoms with van der Waals surface area (Å²) in [6, 6.07) is 3.45. The first-order valence-electron chi connectivity index (χ1n) is 8.68. The van der Waals surface area contributed by atoms with Crippen LogP contribution in [0.3, 0.4) is 0 Å². The second kappa shape index (κ2) is 9.97. The Labute approximate surface area is 176 Å². The van der Waals surface area contributed by atoms with Gasteiger partial charge < -0.3 is 14.2 Å². The normalized spacial score (nSPS) is 15.5. The number of hydrogen-bond donors (Lipinski definition) is 0. The lowest BCUT2D eigenvalue weighted by Gasteiger charge is -2.13. The van der Waals surface area contributed by atoms with E-state index >= 15 is 0 Å². The number of ether oxygens (including phenoxy) is 3. The van der Waals surface area contributed by atoms with Crippen molar-refractivity contribution < 1.29 is 28.6 Å². The summed E-state index contributed by atoms with van der Waals surface area (Å²) in [5.74, 6) is 0.103. The molecular formula is C19H22BrNO6S. The molecule has 2 rings (SSSR count).